The number of Topliss-reactive ketones (excluding diaryl/α,β-unsaturated/α-hetero) is 1. The molecule has 0 unspecified atom stereocenters. The number of nitrogens with one attached hydrogen (secondary N) is 1. The van der Waals surface area contributed by atoms with Gasteiger partial charge in [0, 0.05) is 46.9 Å². The Balaban J connectivity index is 1.78. The first-order valence-electron chi connectivity index (χ1n) is 10.4. The molecule has 0 saturated heterocycles. The molecule has 3 heterocycles. The van der Waals surface area contributed by atoms with Gasteiger partial charge in [-0.3, -0.25) is 14.9 Å². The monoisotopic (exact) mass is 382 g/mol. The third-order valence-electron chi connectivity index (χ3n) is 6.18. The molecule has 0 aliphatic carbocycles. The van der Waals surface area contributed by atoms with Gasteiger partial charge in [0.15, 0.2) is 0 Å². The van der Waals surface area contributed by atoms with Crippen molar-refractivity contribution in [1.82, 2.24) is 9.88 Å². The van der Waals surface area contributed by atoms with Crippen LogP contribution in [-0.4, -0.2) is 29.0 Å². The minimum absolute atomic E-state index is 0.131. The lowest BCUT2D eigenvalue weighted by Gasteiger charge is -2.38. The van der Waals surface area contributed by atoms with E-state index < -0.39 is 0 Å². The number of nitrogens with zero attached hydrogens (tertiary/aromatic N) is 1. The van der Waals surface area contributed by atoms with E-state index in [-0.39, 0.29) is 29.5 Å². The van der Waals surface area contributed by atoms with Crippen LogP contribution in [-0.2, 0) is 20.7 Å². The Morgan fingerprint density at radius 1 is 1.21 bits per heavy atom. The number of carbonyl (C=O) groups is 2. The molecule has 28 heavy (non-hydrogen) atoms. The summed E-state index contributed by atoms with van der Waals surface area (Å²) in [5.74, 6) is 0.130. The molecule has 0 fully saturated rings. The largest absolute Gasteiger partial charge is 0.465 e. The second-order valence-electron chi connectivity index (χ2n) is 9.09. The van der Waals surface area contributed by atoms with Crippen molar-refractivity contribution < 1.29 is 14.3 Å². The summed E-state index contributed by atoms with van der Waals surface area (Å²) in [5, 5.41) is 4.72. The summed E-state index contributed by atoms with van der Waals surface area (Å²) in [5.41, 5.74) is 3.35. The van der Waals surface area contributed by atoms with Gasteiger partial charge in [0.2, 0.25) is 0 Å². The summed E-state index contributed by atoms with van der Waals surface area (Å²) in [6.45, 7) is 8.23. The fourth-order valence-electron chi connectivity index (χ4n) is 4.74. The van der Waals surface area contributed by atoms with Gasteiger partial charge in [-0.1, -0.05) is 39.0 Å². The highest BCUT2D eigenvalue weighted by molar-refractivity contribution is 5.89. The minimum Gasteiger partial charge on any atom is -0.465 e. The third kappa shape index (κ3) is 3.16. The SMILES string of the molecule is CCOC(=O)[C@@H]1Cc2c3n(c4ccccc24)[C@H](CC(=O)C(C)(C)C)CC[C@@H]3N1. The Labute approximate surface area is 166 Å². The molecule has 150 valence electrons. The van der Waals surface area contributed by atoms with Crippen LogP contribution in [0.4, 0.5) is 0 Å². The molecule has 0 amide bonds. The summed E-state index contributed by atoms with van der Waals surface area (Å²) in [6.07, 6.45) is 3.06. The van der Waals surface area contributed by atoms with Crippen LogP contribution in [0.3, 0.4) is 0 Å². The van der Waals surface area contributed by atoms with Gasteiger partial charge in [0.05, 0.1) is 6.61 Å². The van der Waals surface area contributed by atoms with Gasteiger partial charge >= 0.3 is 5.97 Å². The second-order valence-corrected chi connectivity index (χ2v) is 9.09. The Morgan fingerprint density at radius 3 is 2.68 bits per heavy atom. The summed E-state index contributed by atoms with van der Waals surface area (Å²) in [7, 11) is 0. The van der Waals surface area contributed by atoms with E-state index in [1.165, 1.54) is 22.2 Å². The zero-order valence-corrected chi connectivity index (χ0v) is 17.2. The normalized spacial score (nSPS) is 24.1. The van der Waals surface area contributed by atoms with Gasteiger partial charge in [-0.15, -0.1) is 0 Å². The van der Waals surface area contributed by atoms with Crippen LogP contribution in [0.1, 0.15) is 70.3 Å². The molecule has 0 bridgehead atoms. The van der Waals surface area contributed by atoms with Crippen molar-refractivity contribution in [3.05, 3.63) is 35.5 Å². The zero-order valence-electron chi connectivity index (χ0n) is 17.2. The summed E-state index contributed by atoms with van der Waals surface area (Å²) in [4.78, 5) is 25.2. The first kappa shape index (κ1) is 19.2. The fraction of sp³-hybridized carbons (Fsp3) is 0.565. The molecule has 1 aromatic carbocycles. The smallest absolute Gasteiger partial charge is 0.323 e. The van der Waals surface area contributed by atoms with Crippen LogP contribution >= 0.6 is 0 Å². The molecule has 1 aromatic heterocycles. The Morgan fingerprint density at radius 2 is 1.96 bits per heavy atom. The van der Waals surface area contributed by atoms with E-state index in [9.17, 15) is 9.59 Å². The lowest BCUT2D eigenvalue weighted by atomic mass is 9.83. The van der Waals surface area contributed by atoms with Crippen molar-refractivity contribution in [3.8, 4) is 0 Å². The molecule has 4 rings (SSSR count). The number of fused-ring (bicyclic) bond motifs is 3. The van der Waals surface area contributed by atoms with E-state index >= 15 is 0 Å². The van der Waals surface area contributed by atoms with Crippen molar-refractivity contribution in [1.29, 1.82) is 0 Å². The lowest BCUT2D eigenvalue weighted by Crippen LogP contribution is -2.47. The van der Waals surface area contributed by atoms with Gasteiger partial charge in [-0.05, 0) is 31.4 Å². The minimum atomic E-state index is -0.326. The third-order valence-corrected chi connectivity index (χ3v) is 6.18. The maximum atomic E-state index is 12.8. The first-order valence-corrected chi connectivity index (χ1v) is 10.4. The van der Waals surface area contributed by atoms with Crippen LogP contribution in [0, 0.1) is 5.41 Å². The van der Waals surface area contributed by atoms with Crippen LogP contribution in [0.15, 0.2) is 24.3 Å². The number of aromatic nitrogens is 1. The highest BCUT2D eigenvalue weighted by atomic mass is 16.5. The summed E-state index contributed by atoms with van der Waals surface area (Å²) in [6, 6.07) is 8.40. The average molecular weight is 383 g/mol. The molecule has 1 N–H and O–H groups in total. The van der Waals surface area contributed by atoms with Crippen LogP contribution in [0.25, 0.3) is 10.9 Å². The van der Waals surface area contributed by atoms with E-state index in [0.717, 1.165) is 12.8 Å². The Hall–Kier alpha value is -2.14. The molecule has 0 saturated carbocycles. The molecule has 5 heteroatoms. The van der Waals surface area contributed by atoms with Crippen molar-refractivity contribution >= 4 is 22.7 Å². The van der Waals surface area contributed by atoms with E-state index in [1.807, 2.05) is 27.7 Å². The number of para-hydroxylation sites is 1. The van der Waals surface area contributed by atoms with Gasteiger partial charge in [-0.2, -0.15) is 0 Å². The first-order chi connectivity index (χ1) is 13.3. The topological polar surface area (TPSA) is 60.3 Å². The van der Waals surface area contributed by atoms with E-state index in [1.54, 1.807) is 0 Å². The van der Waals surface area contributed by atoms with Crippen LogP contribution < -0.4 is 5.32 Å². The number of benzene rings is 1. The van der Waals surface area contributed by atoms with Gasteiger partial charge in [-0.25, -0.2) is 0 Å². The average Bonchev–Trinajstić information content (AvgIpc) is 2.99. The predicted molar refractivity (Wildman–Crippen MR) is 109 cm³/mol. The maximum Gasteiger partial charge on any atom is 0.323 e. The van der Waals surface area contributed by atoms with E-state index in [2.05, 4.69) is 34.1 Å². The van der Waals surface area contributed by atoms with Crippen molar-refractivity contribution in [3.63, 3.8) is 0 Å². The van der Waals surface area contributed by atoms with Gasteiger partial charge < -0.3 is 9.30 Å². The molecule has 3 atom stereocenters. The molecule has 0 spiro atoms. The fourth-order valence-corrected chi connectivity index (χ4v) is 4.74. The molecule has 2 aliphatic heterocycles. The highest BCUT2D eigenvalue weighted by Crippen LogP contribution is 2.45. The number of ether oxygens (including phenoxy) is 1. The second kappa shape index (κ2) is 7.03. The molecule has 0 radical (unpaired) electrons. The standard InChI is InChI=1S/C23H30N2O3/c1-5-28-22(27)18-13-16-15-8-6-7-9-19(15)25-14(12-20(26)23(2,3)4)10-11-17(24-18)21(16)25/h6-9,14,17-18,24H,5,10-13H2,1-4H3/t14-,17-,18-/m0/s1. The van der Waals surface area contributed by atoms with Gasteiger partial charge in [0.25, 0.3) is 0 Å². The number of hydrogen-bond donors (Lipinski definition) is 1. The Bertz CT molecular complexity index is 922. The number of rotatable bonds is 4. The number of hydrogen-bond acceptors (Lipinski definition) is 4. The van der Waals surface area contributed by atoms with E-state index in [0.29, 0.717) is 25.2 Å². The molecule has 2 aromatic rings. The summed E-state index contributed by atoms with van der Waals surface area (Å²) >= 11 is 0. The highest BCUT2D eigenvalue weighted by Gasteiger charge is 2.40. The van der Waals surface area contributed by atoms with Crippen LogP contribution in [0.5, 0.6) is 0 Å². The Kier molecular flexibility index (Phi) is 4.82. The van der Waals surface area contributed by atoms with Crippen molar-refractivity contribution in [2.75, 3.05) is 6.61 Å². The van der Waals surface area contributed by atoms with Crippen LogP contribution in [0.2, 0.25) is 0 Å². The lowest BCUT2D eigenvalue weighted by molar-refractivity contribution is -0.146. The molecular formula is C23H30N2O3. The summed E-state index contributed by atoms with van der Waals surface area (Å²) < 4.78 is 7.67. The van der Waals surface area contributed by atoms with Crippen molar-refractivity contribution in [2.45, 2.75) is 71.5 Å². The van der Waals surface area contributed by atoms with Gasteiger partial charge in [0.1, 0.15) is 11.8 Å². The molecular weight excluding hydrogens is 352 g/mol. The number of esters is 1. The zero-order chi connectivity index (χ0) is 20.1. The maximum absolute atomic E-state index is 12.8. The molecule has 2 aliphatic rings. The number of carbonyl (C=O) groups excluding carboxylic acids is 2. The quantitative estimate of drug-likeness (QED) is 0.809. The van der Waals surface area contributed by atoms with E-state index in [4.69, 9.17) is 4.74 Å². The van der Waals surface area contributed by atoms with Crippen molar-refractivity contribution in [2.24, 2.45) is 5.41 Å². The number of ketones is 1. The predicted octanol–water partition coefficient (Wildman–Crippen LogP) is 4.10. The molecule has 5 nitrogen and oxygen atoms in total.